The molecule has 3 unspecified atom stereocenters. The van der Waals surface area contributed by atoms with Gasteiger partial charge in [-0.2, -0.15) is 0 Å². The van der Waals surface area contributed by atoms with E-state index in [1.165, 1.54) is 0 Å². The lowest BCUT2D eigenvalue weighted by atomic mass is 9.84. The van der Waals surface area contributed by atoms with E-state index in [4.69, 9.17) is 4.74 Å². The molecule has 1 fully saturated rings. The zero-order valence-electron chi connectivity index (χ0n) is 12.9. The summed E-state index contributed by atoms with van der Waals surface area (Å²) in [6, 6.07) is 7.26. The first-order chi connectivity index (χ1) is 11.3. The van der Waals surface area contributed by atoms with E-state index in [2.05, 4.69) is 6.58 Å². The third-order valence-corrected chi connectivity index (χ3v) is 4.49. The summed E-state index contributed by atoms with van der Waals surface area (Å²) in [7, 11) is 0. The molecule has 1 aliphatic rings. The van der Waals surface area contributed by atoms with Crippen LogP contribution in [-0.4, -0.2) is 55.1 Å². The van der Waals surface area contributed by atoms with Gasteiger partial charge >= 0.3 is 5.97 Å². The number of ether oxygens (including phenoxy) is 1. The molecular formula is C17H19NO6. The number of para-hydroxylation sites is 1. The first kappa shape index (κ1) is 16.7. The van der Waals surface area contributed by atoms with Crippen LogP contribution in [0, 0.1) is 0 Å². The van der Waals surface area contributed by atoms with E-state index in [0.717, 1.165) is 10.9 Å². The SMILES string of the molecule is C=Cn1cc(CC(O)(C(=O)O)C2(O)CC(O)CO2)c2ccccc21. The van der Waals surface area contributed by atoms with Crippen LogP contribution in [0.25, 0.3) is 17.1 Å². The third-order valence-electron chi connectivity index (χ3n) is 4.49. The van der Waals surface area contributed by atoms with E-state index in [1.54, 1.807) is 29.1 Å². The summed E-state index contributed by atoms with van der Waals surface area (Å²) in [5, 5.41) is 41.1. The molecule has 128 valence electrons. The van der Waals surface area contributed by atoms with Gasteiger partial charge in [-0.1, -0.05) is 24.8 Å². The minimum atomic E-state index is -2.60. The third kappa shape index (κ3) is 2.42. The molecule has 3 atom stereocenters. The number of aliphatic hydroxyl groups excluding tert-OH is 1. The van der Waals surface area contributed by atoms with Crippen LogP contribution in [0.5, 0.6) is 0 Å². The van der Waals surface area contributed by atoms with Crippen molar-refractivity contribution in [1.29, 1.82) is 0 Å². The first-order valence-corrected chi connectivity index (χ1v) is 7.52. The van der Waals surface area contributed by atoms with Crippen molar-refractivity contribution in [3.63, 3.8) is 0 Å². The summed E-state index contributed by atoms with van der Waals surface area (Å²) < 4.78 is 6.75. The predicted molar refractivity (Wildman–Crippen MR) is 86.1 cm³/mol. The lowest BCUT2D eigenvalue weighted by Gasteiger charge is -2.36. The van der Waals surface area contributed by atoms with Crippen molar-refractivity contribution in [3.05, 3.63) is 42.6 Å². The Bertz CT molecular complexity index is 799. The van der Waals surface area contributed by atoms with Gasteiger partial charge in [0.1, 0.15) is 0 Å². The molecule has 2 aromatic rings. The largest absolute Gasteiger partial charge is 0.479 e. The van der Waals surface area contributed by atoms with E-state index in [0.29, 0.717) is 5.56 Å². The van der Waals surface area contributed by atoms with Crippen molar-refractivity contribution >= 4 is 23.1 Å². The fourth-order valence-corrected chi connectivity index (χ4v) is 3.19. The quantitative estimate of drug-likeness (QED) is 0.636. The van der Waals surface area contributed by atoms with Crippen molar-refractivity contribution in [3.8, 4) is 0 Å². The normalized spacial score (nSPS) is 26.4. The summed E-state index contributed by atoms with van der Waals surface area (Å²) in [5.74, 6) is -3.98. The second kappa shape index (κ2) is 5.71. The Hall–Kier alpha value is -2.19. The Labute approximate surface area is 138 Å². The van der Waals surface area contributed by atoms with Gasteiger partial charge in [-0.25, -0.2) is 4.79 Å². The molecule has 7 heteroatoms. The minimum Gasteiger partial charge on any atom is -0.479 e. The van der Waals surface area contributed by atoms with Gasteiger partial charge in [0, 0.05) is 30.6 Å². The van der Waals surface area contributed by atoms with E-state index in [9.17, 15) is 25.2 Å². The van der Waals surface area contributed by atoms with Crippen LogP contribution in [0.15, 0.2) is 37.0 Å². The van der Waals surface area contributed by atoms with Gasteiger partial charge in [0.05, 0.1) is 18.2 Å². The van der Waals surface area contributed by atoms with Gasteiger partial charge < -0.3 is 29.7 Å². The zero-order chi connectivity index (χ0) is 17.5. The number of aliphatic carboxylic acids is 1. The zero-order valence-corrected chi connectivity index (χ0v) is 12.9. The monoisotopic (exact) mass is 333 g/mol. The van der Waals surface area contributed by atoms with Crippen molar-refractivity contribution in [2.24, 2.45) is 0 Å². The minimum absolute atomic E-state index is 0.236. The maximum absolute atomic E-state index is 11.7. The van der Waals surface area contributed by atoms with Crippen LogP contribution in [0.1, 0.15) is 12.0 Å². The van der Waals surface area contributed by atoms with Crippen LogP contribution in [-0.2, 0) is 16.0 Å². The summed E-state index contributed by atoms with van der Waals surface area (Å²) in [4.78, 5) is 11.7. The van der Waals surface area contributed by atoms with Crippen LogP contribution < -0.4 is 0 Å². The van der Waals surface area contributed by atoms with Crippen LogP contribution in [0.2, 0.25) is 0 Å². The highest BCUT2D eigenvalue weighted by Gasteiger charge is 2.60. The van der Waals surface area contributed by atoms with Gasteiger partial charge in [-0.15, -0.1) is 0 Å². The highest BCUT2D eigenvalue weighted by Crippen LogP contribution is 2.38. The number of hydrogen-bond acceptors (Lipinski definition) is 5. The molecule has 4 N–H and O–H groups in total. The predicted octanol–water partition coefficient (Wildman–Crippen LogP) is 0.570. The highest BCUT2D eigenvalue weighted by molar-refractivity contribution is 5.87. The van der Waals surface area contributed by atoms with Gasteiger partial charge in [-0.3, -0.25) is 0 Å². The second-order valence-corrected chi connectivity index (χ2v) is 6.06. The number of fused-ring (bicyclic) bond motifs is 1. The van der Waals surface area contributed by atoms with Crippen LogP contribution in [0.3, 0.4) is 0 Å². The van der Waals surface area contributed by atoms with Crippen molar-refractivity contribution < 1.29 is 30.0 Å². The highest BCUT2D eigenvalue weighted by atomic mass is 16.7. The fraction of sp³-hybridized carbons (Fsp3) is 0.353. The topological polar surface area (TPSA) is 112 Å². The number of carbonyl (C=O) groups is 1. The molecule has 2 heterocycles. The van der Waals surface area contributed by atoms with Gasteiger partial charge in [-0.05, 0) is 11.6 Å². The average Bonchev–Trinajstić information content (AvgIpc) is 3.08. The van der Waals surface area contributed by atoms with E-state index >= 15 is 0 Å². The lowest BCUT2D eigenvalue weighted by molar-refractivity contribution is -0.275. The van der Waals surface area contributed by atoms with Gasteiger partial charge in [0.2, 0.25) is 11.4 Å². The lowest BCUT2D eigenvalue weighted by Crippen LogP contribution is -2.60. The van der Waals surface area contributed by atoms with Gasteiger partial charge in [0.15, 0.2) is 0 Å². The number of carboxylic acids is 1. The summed E-state index contributed by atoms with van der Waals surface area (Å²) in [6.45, 7) is 3.47. The standard InChI is InChI=1S/C17H19NO6/c1-2-18-9-11(13-5-3-4-6-14(13)18)7-16(22,15(20)21)17(23)8-12(19)10-24-17/h2-6,9,12,19,22-23H,1,7-8,10H2,(H,20,21). The van der Waals surface area contributed by atoms with E-state index < -0.39 is 23.5 Å². The second-order valence-electron chi connectivity index (χ2n) is 6.06. The average molecular weight is 333 g/mol. The number of benzene rings is 1. The number of nitrogens with zero attached hydrogens (tertiary/aromatic N) is 1. The molecule has 0 aliphatic carbocycles. The van der Waals surface area contributed by atoms with Crippen molar-refractivity contribution in [2.75, 3.05) is 6.61 Å². The molecule has 0 bridgehead atoms. The van der Waals surface area contributed by atoms with Crippen LogP contribution >= 0.6 is 0 Å². The molecule has 1 saturated heterocycles. The first-order valence-electron chi connectivity index (χ1n) is 7.52. The molecule has 1 aliphatic heterocycles. The molecule has 24 heavy (non-hydrogen) atoms. The number of aromatic nitrogens is 1. The molecule has 1 aromatic heterocycles. The molecular weight excluding hydrogens is 314 g/mol. The Morgan fingerprint density at radius 3 is 2.79 bits per heavy atom. The number of rotatable bonds is 5. The molecule has 0 radical (unpaired) electrons. The molecule has 1 aromatic carbocycles. The number of hydrogen-bond donors (Lipinski definition) is 4. The van der Waals surface area contributed by atoms with Crippen LogP contribution in [0.4, 0.5) is 0 Å². The number of carboxylic acid groups (broad SMARTS) is 1. The van der Waals surface area contributed by atoms with E-state index in [-0.39, 0.29) is 19.4 Å². The summed E-state index contributed by atoms with van der Waals surface area (Å²) in [5.41, 5.74) is -1.27. The maximum Gasteiger partial charge on any atom is 0.341 e. The van der Waals surface area contributed by atoms with E-state index in [1.807, 2.05) is 12.1 Å². The fourth-order valence-electron chi connectivity index (χ4n) is 3.19. The summed E-state index contributed by atoms with van der Waals surface area (Å²) >= 11 is 0. The molecule has 0 spiro atoms. The Morgan fingerprint density at radius 2 is 2.21 bits per heavy atom. The van der Waals surface area contributed by atoms with Crippen molar-refractivity contribution in [1.82, 2.24) is 4.57 Å². The molecule has 3 rings (SSSR count). The van der Waals surface area contributed by atoms with Crippen molar-refractivity contribution in [2.45, 2.75) is 30.3 Å². The number of aliphatic hydroxyl groups is 3. The molecule has 7 nitrogen and oxygen atoms in total. The maximum atomic E-state index is 11.7. The van der Waals surface area contributed by atoms with Gasteiger partial charge in [0.25, 0.3) is 0 Å². The Morgan fingerprint density at radius 1 is 1.50 bits per heavy atom. The Balaban J connectivity index is 2.07. The molecule has 0 saturated carbocycles. The smallest absolute Gasteiger partial charge is 0.341 e. The Kier molecular flexibility index (Phi) is 3.97. The molecule has 0 amide bonds. The summed E-state index contributed by atoms with van der Waals surface area (Å²) in [6.07, 6.45) is 1.43.